The van der Waals surface area contributed by atoms with Crippen LogP contribution < -0.4 is 10.6 Å². The van der Waals surface area contributed by atoms with Gasteiger partial charge >= 0.3 is 6.03 Å². The van der Waals surface area contributed by atoms with Crippen LogP contribution in [0.15, 0.2) is 24.3 Å². The molecule has 2 atom stereocenters. The molecule has 18 heavy (non-hydrogen) atoms. The van der Waals surface area contributed by atoms with Crippen molar-refractivity contribution in [2.24, 2.45) is 0 Å². The molecule has 0 aliphatic carbocycles. The minimum atomic E-state index is -0.907. The van der Waals surface area contributed by atoms with E-state index in [1.807, 2.05) is 0 Å². The fourth-order valence-electron chi connectivity index (χ4n) is 1.33. The lowest BCUT2D eigenvalue weighted by atomic mass is 10.1. The van der Waals surface area contributed by atoms with Crippen molar-refractivity contribution < 1.29 is 14.1 Å². The Balaban J connectivity index is 2.42. The fourth-order valence-corrected chi connectivity index (χ4v) is 1.72. The smallest absolute Gasteiger partial charge is 0.319 e. The number of urea groups is 1. The summed E-state index contributed by atoms with van der Waals surface area (Å²) in [6, 6.07) is 6.62. The van der Waals surface area contributed by atoms with Crippen LogP contribution in [0.1, 0.15) is 18.6 Å². The SMILES string of the molecule is CC(O)c1ccc(NC(=O)NCCS(C)=O)cc1. The van der Waals surface area contributed by atoms with Gasteiger partial charge in [-0.1, -0.05) is 12.1 Å². The Kier molecular flexibility index (Phi) is 5.80. The molecule has 0 saturated heterocycles. The molecule has 0 heterocycles. The Morgan fingerprint density at radius 1 is 1.39 bits per heavy atom. The molecule has 0 saturated carbocycles. The molecule has 6 heteroatoms. The minimum absolute atomic E-state index is 0.328. The second-order valence-corrected chi connectivity index (χ2v) is 5.51. The van der Waals surface area contributed by atoms with Gasteiger partial charge in [0, 0.05) is 35.0 Å². The highest BCUT2D eigenvalue weighted by Crippen LogP contribution is 2.15. The van der Waals surface area contributed by atoms with Crippen molar-refractivity contribution in [3.05, 3.63) is 29.8 Å². The molecule has 100 valence electrons. The third kappa shape index (κ3) is 5.29. The molecule has 0 aromatic heterocycles. The number of anilines is 1. The van der Waals surface area contributed by atoms with E-state index in [-0.39, 0.29) is 6.03 Å². The number of aliphatic hydroxyl groups is 1. The predicted molar refractivity (Wildman–Crippen MR) is 73.0 cm³/mol. The largest absolute Gasteiger partial charge is 0.389 e. The van der Waals surface area contributed by atoms with Gasteiger partial charge in [-0.25, -0.2) is 4.79 Å². The van der Waals surface area contributed by atoms with Gasteiger partial charge < -0.3 is 15.7 Å². The zero-order valence-electron chi connectivity index (χ0n) is 10.5. The second-order valence-electron chi connectivity index (χ2n) is 3.96. The van der Waals surface area contributed by atoms with E-state index >= 15 is 0 Å². The highest BCUT2D eigenvalue weighted by Gasteiger charge is 2.03. The molecular formula is C12H18N2O3S. The zero-order chi connectivity index (χ0) is 13.5. The highest BCUT2D eigenvalue weighted by atomic mass is 32.2. The standard InChI is InChI=1S/C12H18N2O3S/c1-9(15)10-3-5-11(6-4-10)14-12(16)13-7-8-18(2)17/h3-6,9,15H,7-8H2,1-2H3,(H2,13,14,16). The van der Waals surface area contributed by atoms with Crippen LogP contribution in [0.2, 0.25) is 0 Å². The van der Waals surface area contributed by atoms with Gasteiger partial charge in [0.2, 0.25) is 0 Å². The molecule has 1 aromatic rings. The molecule has 0 aliphatic rings. The number of benzene rings is 1. The number of carbonyl (C=O) groups is 1. The van der Waals surface area contributed by atoms with Crippen molar-refractivity contribution in [2.75, 3.05) is 23.9 Å². The average molecular weight is 270 g/mol. The maximum Gasteiger partial charge on any atom is 0.319 e. The van der Waals surface area contributed by atoms with E-state index in [4.69, 9.17) is 0 Å². The van der Waals surface area contributed by atoms with Crippen molar-refractivity contribution in [2.45, 2.75) is 13.0 Å². The van der Waals surface area contributed by atoms with Crippen LogP contribution >= 0.6 is 0 Å². The number of hydrogen-bond donors (Lipinski definition) is 3. The first-order valence-electron chi connectivity index (χ1n) is 5.62. The lowest BCUT2D eigenvalue weighted by Gasteiger charge is -2.08. The molecule has 1 rings (SSSR count). The van der Waals surface area contributed by atoms with Crippen molar-refractivity contribution >= 4 is 22.5 Å². The first-order chi connectivity index (χ1) is 8.49. The van der Waals surface area contributed by atoms with E-state index in [1.54, 1.807) is 37.4 Å². The summed E-state index contributed by atoms with van der Waals surface area (Å²) in [7, 11) is -0.907. The molecule has 0 spiro atoms. The van der Waals surface area contributed by atoms with Crippen LogP contribution in [0.3, 0.4) is 0 Å². The lowest BCUT2D eigenvalue weighted by molar-refractivity contribution is 0.199. The highest BCUT2D eigenvalue weighted by molar-refractivity contribution is 7.84. The Morgan fingerprint density at radius 3 is 2.50 bits per heavy atom. The van der Waals surface area contributed by atoms with Crippen LogP contribution in [0, 0.1) is 0 Å². The molecule has 1 aromatic carbocycles. The summed E-state index contributed by atoms with van der Waals surface area (Å²) in [5, 5.41) is 14.6. The van der Waals surface area contributed by atoms with E-state index in [0.717, 1.165) is 5.56 Å². The predicted octanol–water partition coefficient (Wildman–Crippen LogP) is 1.24. The van der Waals surface area contributed by atoms with Crippen LogP contribution in [-0.4, -0.2) is 33.9 Å². The van der Waals surface area contributed by atoms with E-state index in [1.165, 1.54) is 0 Å². The maximum absolute atomic E-state index is 11.4. The topological polar surface area (TPSA) is 78.4 Å². The quantitative estimate of drug-likeness (QED) is 0.753. The Hall–Kier alpha value is -1.40. The molecule has 0 fully saturated rings. The van der Waals surface area contributed by atoms with Gasteiger partial charge in [0.1, 0.15) is 0 Å². The fraction of sp³-hybridized carbons (Fsp3) is 0.417. The Bertz CT molecular complexity index is 418. The van der Waals surface area contributed by atoms with Gasteiger partial charge in [-0.3, -0.25) is 4.21 Å². The van der Waals surface area contributed by atoms with Crippen molar-refractivity contribution in [3.63, 3.8) is 0 Å². The normalized spacial score (nSPS) is 13.7. The van der Waals surface area contributed by atoms with Crippen molar-refractivity contribution in [1.29, 1.82) is 0 Å². The van der Waals surface area contributed by atoms with Crippen LogP contribution in [0.5, 0.6) is 0 Å². The van der Waals surface area contributed by atoms with E-state index in [0.29, 0.717) is 18.0 Å². The molecule has 3 N–H and O–H groups in total. The number of amides is 2. The summed E-state index contributed by atoms with van der Waals surface area (Å²) in [5.41, 5.74) is 1.44. The molecule has 2 amide bonds. The Morgan fingerprint density at radius 2 is 2.00 bits per heavy atom. The van der Waals surface area contributed by atoms with Gasteiger partial charge in [-0.15, -0.1) is 0 Å². The summed E-state index contributed by atoms with van der Waals surface area (Å²) < 4.78 is 10.8. The Labute approximate surface area is 109 Å². The molecular weight excluding hydrogens is 252 g/mol. The van der Waals surface area contributed by atoms with Gasteiger partial charge in [0.25, 0.3) is 0 Å². The van der Waals surface area contributed by atoms with Crippen molar-refractivity contribution in [1.82, 2.24) is 5.32 Å². The summed E-state index contributed by atoms with van der Waals surface area (Å²) in [5.74, 6) is 0.439. The van der Waals surface area contributed by atoms with Crippen LogP contribution in [0.25, 0.3) is 0 Å². The number of rotatable bonds is 5. The molecule has 5 nitrogen and oxygen atoms in total. The lowest BCUT2D eigenvalue weighted by Crippen LogP contribution is -2.31. The first-order valence-corrected chi connectivity index (χ1v) is 7.34. The zero-order valence-corrected chi connectivity index (χ0v) is 11.3. The molecule has 0 bridgehead atoms. The third-order valence-corrected chi connectivity index (χ3v) is 3.11. The van der Waals surface area contributed by atoms with Gasteiger partial charge in [0.05, 0.1) is 6.10 Å². The summed E-state index contributed by atoms with van der Waals surface area (Å²) in [4.78, 5) is 11.4. The van der Waals surface area contributed by atoms with Crippen LogP contribution in [-0.2, 0) is 10.8 Å². The second kappa shape index (κ2) is 7.13. The summed E-state index contributed by atoms with van der Waals surface area (Å²) in [6.07, 6.45) is 1.07. The molecule has 2 unspecified atom stereocenters. The third-order valence-electron chi connectivity index (χ3n) is 2.33. The van der Waals surface area contributed by atoms with E-state index in [2.05, 4.69) is 10.6 Å². The van der Waals surface area contributed by atoms with Gasteiger partial charge in [-0.05, 0) is 24.6 Å². The number of carbonyl (C=O) groups excluding carboxylic acids is 1. The van der Waals surface area contributed by atoms with Crippen LogP contribution in [0.4, 0.5) is 10.5 Å². The summed E-state index contributed by atoms with van der Waals surface area (Å²) >= 11 is 0. The van der Waals surface area contributed by atoms with E-state index < -0.39 is 16.9 Å². The summed E-state index contributed by atoms with van der Waals surface area (Å²) in [6.45, 7) is 2.06. The molecule has 0 radical (unpaired) electrons. The first kappa shape index (κ1) is 14.7. The maximum atomic E-state index is 11.4. The number of hydrogen-bond acceptors (Lipinski definition) is 3. The number of aliphatic hydroxyl groups excluding tert-OH is 1. The van der Waals surface area contributed by atoms with E-state index in [9.17, 15) is 14.1 Å². The average Bonchev–Trinajstić information content (AvgIpc) is 2.29. The van der Waals surface area contributed by atoms with Crippen molar-refractivity contribution in [3.8, 4) is 0 Å². The molecule has 0 aliphatic heterocycles. The monoisotopic (exact) mass is 270 g/mol. The number of nitrogens with one attached hydrogen (secondary N) is 2. The minimum Gasteiger partial charge on any atom is -0.389 e. The van der Waals surface area contributed by atoms with Gasteiger partial charge in [-0.2, -0.15) is 0 Å². The van der Waals surface area contributed by atoms with Gasteiger partial charge in [0.15, 0.2) is 0 Å².